The number of hydrogen-bond acceptors (Lipinski definition) is 4. The van der Waals surface area contributed by atoms with Gasteiger partial charge in [0, 0.05) is 5.88 Å². The minimum Gasteiger partial charge on any atom is -0.497 e. The van der Waals surface area contributed by atoms with Crippen molar-refractivity contribution in [3.8, 4) is 5.75 Å². The molecule has 1 heterocycles. The van der Waals surface area contributed by atoms with Gasteiger partial charge in [-0.15, -0.1) is 11.6 Å². The first-order chi connectivity index (χ1) is 12.5. The number of methoxy groups -OCH3 is 1. The molecule has 1 aliphatic rings. The number of nitrogens with zero attached hydrogens (tertiary/aromatic N) is 1. The highest BCUT2D eigenvalue weighted by Crippen LogP contribution is 2.23. The molecule has 1 unspecified atom stereocenters. The largest absolute Gasteiger partial charge is 0.497 e. The van der Waals surface area contributed by atoms with Gasteiger partial charge in [-0.25, -0.2) is 0 Å². The van der Waals surface area contributed by atoms with E-state index in [1.54, 1.807) is 49.6 Å². The minimum absolute atomic E-state index is 0.140. The summed E-state index contributed by atoms with van der Waals surface area (Å²) in [5, 5.41) is 2.76. The summed E-state index contributed by atoms with van der Waals surface area (Å²) in [4.78, 5) is 38.0. The maximum absolute atomic E-state index is 12.4. The molecule has 0 fully saturated rings. The molecule has 2 aromatic rings. The number of carbonyl (C=O) groups excluding carboxylic acids is 3. The van der Waals surface area contributed by atoms with Crippen molar-refractivity contribution in [3.63, 3.8) is 0 Å². The second kappa shape index (κ2) is 7.58. The van der Waals surface area contributed by atoms with Crippen LogP contribution >= 0.6 is 11.6 Å². The monoisotopic (exact) mass is 372 g/mol. The Bertz CT molecular complexity index is 833. The molecule has 2 aromatic carbocycles. The van der Waals surface area contributed by atoms with Crippen molar-refractivity contribution in [3.05, 3.63) is 65.2 Å². The van der Waals surface area contributed by atoms with Crippen LogP contribution in [-0.2, 0) is 4.79 Å². The maximum Gasteiger partial charge on any atom is 0.262 e. The number of nitrogens with one attached hydrogen (secondary N) is 1. The molecule has 0 saturated carbocycles. The zero-order valence-electron chi connectivity index (χ0n) is 14.1. The summed E-state index contributed by atoms with van der Waals surface area (Å²) in [5.74, 6) is -0.615. The third-order valence-corrected chi connectivity index (χ3v) is 4.47. The molecule has 0 spiro atoms. The van der Waals surface area contributed by atoms with E-state index >= 15 is 0 Å². The molecule has 134 valence electrons. The van der Waals surface area contributed by atoms with Gasteiger partial charge in [0.1, 0.15) is 12.3 Å². The molecular formula is C19H17ClN2O4. The molecule has 0 radical (unpaired) electrons. The van der Waals surface area contributed by atoms with Crippen LogP contribution in [0.5, 0.6) is 5.75 Å². The van der Waals surface area contributed by atoms with Crippen molar-refractivity contribution in [2.45, 2.75) is 6.04 Å². The van der Waals surface area contributed by atoms with Gasteiger partial charge in [0.15, 0.2) is 0 Å². The smallest absolute Gasteiger partial charge is 0.262 e. The zero-order valence-corrected chi connectivity index (χ0v) is 14.8. The lowest BCUT2D eigenvalue weighted by atomic mass is 10.1. The summed E-state index contributed by atoms with van der Waals surface area (Å²) >= 11 is 5.99. The SMILES string of the molecule is COc1cccc(C(CCl)NC(=O)CN2C(=O)c3ccccc3C2=O)c1. The normalized spacial score (nSPS) is 14.2. The van der Waals surface area contributed by atoms with Crippen molar-refractivity contribution in [2.24, 2.45) is 0 Å². The molecule has 0 aromatic heterocycles. The Morgan fingerprint density at radius 2 is 1.77 bits per heavy atom. The third-order valence-electron chi connectivity index (χ3n) is 4.17. The standard InChI is InChI=1S/C19H17ClN2O4/c1-26-13-6-4-5-12(9-13)16(10-20)21-17(23)11-22-18(24)14-7-2-3-8-15(14)19(22)25/h2-9,16H,10-11H2,1H3,(H,21,23). The van der Waals surface area contributed by atoms with Gasteiger partial charge in [0.25, 0.3) is 11.8 Å². The van der Waals surface area contributed by atoms with E-state index in [9.17, 15) is 14.4 Å². The lowest BCUT2D eigenvalue weighted by Gasteiger charge is -2.19. The Balaban J connectivity index is 1.70. The maximum atomic E-state index is 12.4. The van der Waals surface area contributed by atoms with E-state index in [0.717, 1.165) is 10.5 Å². The third kappa shape index (κ3) is 3.41. The van der Waals surface area contributed by atoms with Crippen LogP contribution in [-0.4, -0.2) is 42.2 Å². The number of carbonyl (C=O) groups is 3. The van der Waals surface area contributed by atoms with E-state index in [0.29, 0.717) is 16.9 Å². The summed E-state index contributed by atoms with van der Waals surface area (Å²) in [5.41, 5.74) is 1.40. The second-order valence-electron chi connectivity index (χ2n) is 5.79. The molecule has 3 amide bonds. The first-order valence-corrected chi connectivity index (χ1v) is 8.53. The average molecular weight is 373 g/mol. The van der Waals surface area contributed by atoms with E-state index in [1.807, 2.05) is 6.07 Å². The van der Waals surface area contributed by atoms with Gasteiger partial charge in [-0.1, -0.05) is 24.3 Å². The van der Waals surface area contributed by atoms with Crippen LogP contribution in [0.25, 0.3) is 0 Å². The van der Waals surface area contributed by atoms with Crippen LogP contribution in [0.2, 0.25) is 0 Å². The molecular weight excluding hydrogens is 356 g/mol. The van der Waals surface area contributed by atoms with Crippen molar-refractivity contribution in [1.82, 2.24) is 10.2 Å². The lowest BCUT2D eigenvalue weighted by molar-refractivity contribution is -0.122. The van der Waals surface area contributed by atoms with Crippen molar-refractivity contribution in [1.29, 1.82) is 0 Å². The molecule has 1 atom stereocenters. The number of fused-ring (bicyclic) bond motifs is 1. The van der Waals surface area contributed by atoms with Crippen molar-refractivity contribution in [2.75, 3.05) is 19.5 Å². The topological polar surface area (TPSA) is 75.7 Å². The van der Waals surface area contributed by atoms with Gasteiger partial charge in [-0.2, -0.15) is 0 Å². The number of benzene rings is 2. The van der Waals surface area contributed by atoms with E-state index in [2.05, 4.69) is 5.32 Å². The highest BCUT2D eigenvalue weighted by Gasteiger charge is 2.36. The van der Waals surface area contributed by atoms with Gasteiger partial charge in [0.05, 0.1) is 24.3 Å². The number of ether oxygens (including phenoxy) is 1. The van der Waals surface area contributed by atoms with Gasteiger partial charge in [-0.3, -0.25) is 19.3 Å². The Hall–Kier alpha value is -2.86. The average Bonchev–Trinajstić information content (AvgIpc) is 2.91. The summed E-state index contributed by atoms with van der Waals surface area (Å²) < 4.78 is 5.17. The van der Waals surface area contributed by atoms with Crippen LogP contribution in [0.1, 0.15) is 32.3 Å². The van der Waals surface area contributed by atoms with Crippen LogP contribution in [0.4, 0.5) is 0 Å². The number of rotatable bonds is 6. The highest BCUT2D eigenvalue weighted by atomic mass is 35.5. The fourth-order valence-corrected chi connectivity index (χ4v) is 3.09. The Morgan fingerprint density at radius 3 is 2.35 bits per heavy atom. The molecule has 26 heavy (non-hydrogen) atoms. The van der Waals surface area contributed by atoms with E-state index in [4.69, 9.17) is 16.3 Å². The Kier molecular flexibility index (Phi) is 5.23. The fourth-order valence-electron chi connectivity index (χ4n) is 2.84. The summed E-state index contributed by atoms with van der Waals surface area (Å²) in [6, 6.07) is 13.2. The predicted molar refractivity (Wildman–Crippen MR) is 96.4 cm³/mol. The molecule has 0 aliphatic carbocycles. The summed E-state index contributed by atoms with van der Waals surface area (Å²) in [6.07, 6.45) is 0. The number of hydrogen-bond donors (Lipinski definition) is 1. The number of imide groups is 1. The predicted octanol–water partition coefficient (Wildman–Crippen LogP) is 2.39. The number of alkyl halides is 1. The van der Waals surface area contributed by atoms with E-state index in [-0.39, 0.29) is 12.4 Å². The van der Waals surface area contributed by atoms with Crippen LogP contribution in [0.3, 0.4) is 0 Å². The Morgan fingerprint density at radius 1 is 1.12 bits per heavy atom. The van der Waals surface area contributed by atoms with Gasteiger partial charge in [-0.05, 0) is 29.8 Å². The molecule has 0 bridgehead atoms. The zero-order chi connectivity index (χ0) is 18.7. The van der Waals surface area contributed by atoms with Gasteiger partial charge in [0.2, 0.25) is 5.91 Å². The first kappa shape index (κ1) is 17.9. The quantitative estimate of drug-likeness (QED) is 0.624. The minimum atomic E-state index is -0.468. The molecule has 0 saturated heterocycles. The van der Waals surface area contributed by atoms with Crippen LogP contribution in [0, 0.1) is 0 Å². The first-order valence-electron chi connectivity index (χ1n) is 7.99. The van der Waals surface area contributed by atoms with Gasteiger partial charge >= 0.3 is 0 Å². The summed E-state index contributed by atoms with van der Waals surface area (Å²) in [7, 11) is 1.55. The van der Waals surface area contributed by atoms with Gasteiger partial charge < -0.3 is 10.1 Å². The summed E-state index contributed by atoms with van der Waals surface area (Å²) in [6.45, 7) is -0.357. The van der Waals surface area contributed by atoms with Crippen LogP contribution < -0.4 is 10.1 Å². The molecule has 1 N–H and O–H groups in total. The fraction of sp³-hybridized carbons (Fsp3) is 0.211. The molecule has 1 aliphatic heterocycles. The van der Waals surface area contributed by atoms with E-state index < -0.39 is 23.8 Å². The molecule has 3 rings (SSSR count). The Labute approximate surface area is 155 Å². The van der Waals surface area contributed by atoms with Crippen molar-refractivity contribution >= 4 is 29.3 Å². The second-order valence-corrected chi connectivity index (χ2v) is 6.10. The highest BCUT2D eigenvalue weighted by molar-refractivity contribution is 6.22. The number of amides is 3. The molecule has 6 nitrogen and oxygen atoms in total. The molecule has 7 heteroatoms. The van der Waals surface area contributed by atoms with Crippen molar-refractivity contribution < 1.29 is 19.1 Å². The lowest BCUT2D eigenvalue weighted by Crippen LogP contribution is -2.41. The number of halogens is 1. The van der Waals surface area contributed by atoms with Crippen LogP contribution in [0.15, 0.2) is 48.5 Å². The van der Waals surface area contributed by atoms with E-state index in [1.165, 1.54) is 0 Å².